The third kappa shape index (κ3) is 2.34. The standard InChI is InChI=1S/C20H21N/c1-13-7-6-10-17(15(13)3)20(21)19-12-11-14(2)16-8-4-5-9-18(16)19/h4-12,20H,21H2,1-3H3. The lowest BCUT2D eigenvalue weighted by Gasteiger charge is -2.19. The largest absolute Gasteiger partial charge is 0.320 e. The predicted octanol–water partition coefficient (Wildman–Crippen LogP) is 4.81. The summed E-state index contributed by atoms with van der Waals surface area (Å²) in [6.45, 7) is 6.44. The van der Waals surface area contributed by atoms with E-state index in [1.165, 1.54) is 38.6 Å². The van der Waals surface area contributed by atoms with E-state index < -0.39 is 0 Å². The van der Waals surface area contributed by atoms with E-state index in [4.69, 9.17) is 5.73 Å². The Kier molecular flexibility index (Phi) is 3.52. The lowest BCUT2D eigenvalue weighted by atomic mass is 9.89. The monoisotopic (exact) mass is 275 g/mol. The molecule has 0 heterocycles. The maximum atomic E-state index is 6.60. The molecule has 0 saturated carbocycles. The highest BCUT2D eigenvalue weighted by molar-refractivity contribution is 5.89. The number of hydrogen-bond donors (Lipinski definition) is 1. The lowest BCUT2D eigenvalue weighted by molar-refractivity contribution is 0.867. The number of benzene rings is 3. The molecule has 0 aromatic heterocycles. The summed E-state index contributed by atoms with van der Waals surface area (Å²) < 4.78 is 0. The van der Waals surface area contributed by atoms with Crippen LogP contribution in [0.3, 0.4) is 0 Å². The average molecular weight is 275 g/mol. The summed E-state index contributed by atoms with van der Waals surface area (Å²) in [6, 6.07) is 19.1. The van der Waals surface area contributed by atoms with Crippen molar-refractivity contribution in [3.05, 3.63) is 82.4 Å². The molecule has 1 heteroatoms. The van der Waals surface area contributed by atoms with Crippen molar-refractivity contribution in [2.45, 2.75) is 26.8 Å². The second kappa shape index (κ2) is 5.34. The summed E-state index contributed by atoms with van der Waals surface area (Å²) in [5.74, 6) is 0. The Bertz CT molecular complexity index is 802. The molecule has 0 saturated heterocycles. The number of hydrogen-bond acceptors (Lipinski definition) is 1. The van der Waals surface area contributed by atoms with Gasteiger partial charge in [0, 0.05) is 0 Å². The summed E-state index contributed by atoms with van der Waals surface area (Å²) in [5.41, 5.74) is 12.9. The zero-order valence-corrected chi connectivity index (χ0v) is 12.9. The molecule has 21 heavy (non-hydrogen) atoms. The van der Waals surface area contributed by atoms with E-state index in [0.29, 0.717) is 0 Å². The summed E-state index contributed by atoms with van der Waals surface area (Å²) in [7, 11) is 0. The molecule has 0 aliphatic rings. The minimum Gasteiger partial charge on any atom is -0.320 e. The molecule has 3 rings (SSSR count). The highest BCUT2D eigenvalue weighted by atomic mass is 14.6. The van der Waals surface area contributed by atoms with Gasteiger partial charge >= 0.3 is 0 Å². The minimum atomic E-state index is -0.0876. The van der Waals surface area contributed by atoms with E-state index in [1.807, 2.05) is 0 Å². The maximum Gasteiger partial charge on any atom is 0.0560 e. The summed E-state index contributed by atoms with van der Waals surface area (Å²) in [5, 5.41) is 2.54. The molecule has 3 aromatic carbocycles. The quantitative estimate of drug-likeness (QED) is 0.713. The van der Waals surface area contributed by atoms with Gasteiger partial charge in [-0.1, -0.05) is 54.6 Å². The normalized spacial score (nSPS) is 12.6. The van der Waals surface area contributed by atoms with Crippen molar-refractivity contribution in [2.75, 3.05) is 0 Å². The van der Waals surface area contributed by atoms with E-state index in [1.54, 1.807) is 0 Å². The summed E-state index contributed by atoms with van der Waals surface area (Å²) in [4.78, 5) is 0. The van der Waals surface area contributed by atoms with Crippen molar-refractivity contribution < 1.29 is 0 Å². The molecule has 1 nitrogen and oxygen atoms in total. The van der Waals surface area contributed by atoms with Gasteiger partial charge in [-0.3, -0.25) is 0 Å². The van der Waals surface area contributed by atoms with Crippen LogP contribution >= 0.6 is 0 Å². The predicted molar refractivity (Wildman–Crippen MR) is 90.6 cm³/mol. The maximum absolute atomic E-state index is 6.60. The molecule has 0 spiro atoms. The fourth-order valence-corrected chi connectivity index (χ4v) is 3.02. The molecular formula is C20H21N. The van der Waals surface area contributed by atoms with Crippen LogP contribution in [-0.4, -0.2) is 0 Å². The van der Waals surface area contributed by atoms with Crippen LogP contribution in [0.25, 0.3) is 10.8 Å². The Morgan fingerprint density at radius 2 is 1.38 bits per heavy atom. The van der Waals surface area contributed by atoms with Crippen molar-refractivity contribution in [1.29, 1.82) is 0 Å². The molecule has 3 aromatic rings. The Morgan fingerprint density at radius 3 is 2.14 bits per heavy atom. The van der Waals surface area contributed by atoms with Gasteiger partial charge in [0.1, 0.15) is 0 Å². The molecule has 1 atom stereocenters. The number of aryl methyl sites for hydroxylation is 2. The third-order valence-electron chi connectivity index (χ3n) is 4.49. The lowest BCUT2D eigenvalue weighted by Crippen LogP contribution is -2.14. The van der Waals surface area contributed by atoms with Crippen molar-refractivity contribution in [3.8, 4) is 0 Å². The van der Waals surface area contributed by atoms with E-state index >= 15 is 0 Å². The van der Waals surface area contributed by atoms with Gasteiger partial charge < -0.3 is 5.73 Å². The van der Waals surface area contributed by atoms with E-state index in [-0.39, 0.29) is 6.04 Å². The molecule has 106 valence electrons. The van der Waals surface area contributed by atoms with E-state index in [9.17, 15) is 0 Å². The molecule has 0 radical (unpaired) electrons. The van der Waals surface area contributed by atoms with Crippen molar-refractivity contribution >= 4 is 10.8 Å². The fraction of sp³-hybridized carbons (Fsp3) is 0.200. The molecule has 0 amide bonds. The van der Waals surface area contributed by atoms with Crippen LogP contribution < -0.4 is 5.73 Å². The van der Waals surface area contributed by atoms with Gasteiger partial charge in [-0.05, 0) is 59.4 Å². The SMILES string of the molecule is Cc1cccc(C(N)c2ccc(C)c3ccccc23)c1C. The van der Waals surface area contributed by atoms with Crippen molar-refractivity contribution in [3.63, 3.8) is 0 Å². The van der Waals surface area contributed by atoms with Crippen LogP contribution in [0.5, 0.6) is 0 Å². The van der Waals surface area contributed by atoms with E-state index in [2.05, 4.69) is 75.4 Å². The molecule has 0 fully saturated rings. The zero-order chi connectivity index (χ0) is 15.0. The Morgan fingerprint density at radius 1 is 0.667 bits per heavy atom. The first-order chi connectivity index (χ1) is 10.1. The van der Waals surface area contributed by atoms with Crippen LogP contribution in [0.4, 0.5) is 0 Å². The molecule has 1 unspecified atom stereocenters. The van der Waals surface area contributed by atoms with Crippen molar-refractivity contribution in [2.24, 2.45) is 5.73 Å². The molecule has 2 N–H and O–H groups in total. The molecular weight excluding hydrogens is 254 g/mol. The Balaban J connectivity index is 2.21. The average Bonchev–Trinajstić information content (AvgIpc) is 2.50. The molecule has 0 aliphatic heterocycles. The van der Waals surface area contributed by atoms with Crippen LogP contribution in [-0.2, 0) is 0 Å². The van der Waals surface area contributed by atoms with Gasteiger partial charge in [-0.2, -0.15) is 0 Å². The first-order valence-electron chi connectivity index (χ1n) is 7.39. The van der Waals surface area contributed by atoms with Gasteiger partial charge in [-0.25, -0.2) is 0 Å². The highest BCUT2D eigenvalue weighted by Crippen LogP contribution is 2.31. The topological polar surface area (TPSA) is 26.0 Å². The molecule has 0 bridgehead atoms. The first-order valence-corrected chi connectivity index (χ1v) is 7.39. The first kappa shape index (κ1) is 13.8. The van der Waals surface area contributed by atoms with Crippen LogP contribution in [0.2, 0.25) is 0 Å². The second-order valence-electron chi connectivity index (χ2n) is 5.78. The summed E-state index contributed by atoms with van der Waals surface area (Å²) in [6.07, 6.45) is 0. The van der Waals surface area contributed by atoms with Gasteiger partial charge in [-0.15, -0.1) is 0 Å². The smallest absolute Gasteiger partial charge is 0.0560 e. The number of fused-ring (bicyclic) bond motifs is 1. The minimum absolute atomic E-state index is 0.0876. The number of rotatable bonds is 2. The van der Waals surface area contributed by atoms with Crippen LogP contribution in [0.1, 0.15) is 33.9 Å². The van der Waals surface area contributed by atoms with Gasteiger partial charge in [0.05, 0.1) is 6.04 Å². The van der Waals surface area contributed by atoms with Gasteiger partial charge in [0.25, 0.3) is 0 Å². The zero-order valence-electron chi connectivity index (χ0n) is 12.9. The van der Waals surface area contributed by atoms with Crippen molar-refractivity contribution in [1.82, 2.24) is 0 Å². The van der Waals surface area contributed by atoms with Gasteiger partial charge in [0.15, 0.2) is 0 Å². The number of nitrogens with two attached hydrogens (primary N) is 1. The highest BCUT2D eigenvalue weighted by Gasteiger charge is 2.15. The third-order valence-corrected chi connectivity index (χ3v) is 4.49. The summed E-state index contributed by atoms with van der Waals surface area (Å²) >= 11 is 0. The molecule has 0 aliphatic carbocycles. The van der Waals surface area contributed by atoms with Crippen LogP contribution in [0.15, 0.2) is 54.6 Å². The Labute approximate surface area is 126 Å². The van der Waals surface area contributed by atoms with Crippen LogP contribution in [0, 0.1) is 20.8 Å². The fourth-order valence-electron chi connectivity index (χ4n) is 3.02. The second-order valence-corrected chi connectivity index (χ2v) is 5.78. The Hall–Kier alpha value is -2.12. The van der Waals surface area contributed by atoms with E-state index in [0.717, 1.165) is 0 Å². The van der Waals surface area contributed by atoms with Gasteiger partial charge in [0.2, 0.25) is 0 Å².